The fraction of sp³-hybridized carbons (Fsp3) is 0.747. The van der Waals surface area contributed by atoms with Crippen LogP contribution in [0.4, 0.5) is 0 Å². The van der Waals surface area contributed by atoms with Gasteiger partial charge in [-0.15, -0.1) is 0 Å². The summed E-state index contributed by atoms with van der Waals surface area (Å²) in [5, 5.41) is 0. The molecule has 6 nitrogen and oxygen atoms in total. The first-order valence-electron chi connectivity index (χ1n) is 40.7. The van der Waals surface area contributed by atoms with Crippen molar-refractivity contribution in [1.82, 2.24) is 0 Å². The fourth-order valence-corrected chi connectivity index (χ4v) is 14.2. The molecule has 526 valence electrons. The summed E-state index contributed by atoms with van der Waals surface area (Å²) in [6.07, 6.45) is 72.3. The Bertz CT molecular complexity index is 2400. The summed E-state index contributed by atoms with van der Waals surface area (Å²) in [6.45, 7) is 13.4. The van der Waals surface area contributed by atoms with Gasteiger partial charge in [0.25, 0.3) is 0 Å². The molecule has 0 spiro atoms. The monoisotopic (exact) mass is 1280 g/mol. The van der Waals surface area contributed by atoms with E-state index in [4.69, 9.17) is 0 Å². The molecule has 2 aromatic rings. The number of ketones is 4. The first kappa shape index (κ1) is 83.2. The van der Waals surface area contributed by atoms with E-state index in [0.717, 1.165) is 101 Å². The van der Waals surface area contributed by atoms with E-state index in [-0.39, 0.29) is 23.1 Å². The Morgan fingerprint density at radius 3 is 0.806 bits per heavy atom. The highest BCUT2D eigenvalue weighted by atomic mass is 16.1. The van der Waals surface area contributed by atoms with E-state index in [1.54, 1.807) is 0 Å². The molecular weight excluding hydrogens is 1140 g/mol. The average molecular weight is 1280 g/mol. The van der Waals surface area contributed by atoms with Crippen LogP contribution >= 0.6 is 0 Å². The Hall–Kier alpha value is -4.06. The molecule has 0 unspecified atom stereocenters. The van der Waals surface area contributed by atoms with E-state index in [1.165, 1.54) is 262 Å². The standard InChI is InChI=1S/C87H144N2O4/c1-7-13-18-23-28-33-34-35-36-37-38-39-40-41-42-47-48-53-58-63-79-76(12-6)86(74-68-70-77(82(90)64-59-54-49-43-29-24-19-14-8-2)80(72-74)84(92)66-61-56-51-45-31-26-21-16-10-4)89(88)87(79)75-69-71-78(83(91)65-60-55-50-44-30-25-20-15-9-3)81(73-75)85(93)67-62-57-52-46-32-27-22-17-11-5/h58,63,68-73H,7-57,59-62,64-67H2,1-6H3/b63-58+. The Morgan fingerprint density at radius 2 is 0.538 bits per heavy atom. The molecule has 1 aliphatic heterocycles. The number of Topliss-reactive ketones (excluding diaryl/α,β-unsaturated/α-hetero) is 4. The van der Waals surface area contributed by atoms with Crippen molar-refractivity contribution in [1.29, 1.82) is 0 Å². The summed E-state index contributed by atoms with van der Waals surface area (Å²) in [7, 11) is 0. The summed E-state index contributed by atoms with van der Waals surface area (Å²) < 4.78 is 1.30. The van der Waals surface area contributed by atoms with Gasteiger partial charge in [-0.05, 0) is 81.3 Å². The van der Waals surface area contributed by atoms with Crippen LogP contribution in [0.15, 0.2) is 59.7 Å². The Labute approximate surface area is 574 Å². The molecule has 0 fully saturated rings. The zero-order valence-corrected chi connectivity index (χ0v) is 61.9. The number of unbranched alkanes of at least 4 members (excludes halogenated alkanes) is 49. The third-order valence-corrected chi connectivity index (χ3v) is 20.2. The molecule has 0 atom stereocenters. The van der Waals surface area contributed by atoms with Crippen molar-refractivity contribution in [3.8, 4) is 0 Å². The molecule has 1 aliphatic rings. The molecule has 1 heterocycles. The molecule has 0 radical (unpaired) electrons. The predicted molar refractivity (Wildman–Crippen MR) is 403 cm³/mol. The summed E-state index contributed by atoms with van der Waals surface area (Å²) in [6, 6.07) is 11.5. The molecule has 0 aliphatic carbocycles. The minimum atomic E-state index is -0.00380. The molecule has 2 aromatic carbocycles. The Kier molecular flexibility index (Phi) is 51.0. The van der Waals surface area contributed by atoms with Crippen molar-refractivity contribution < 1.29 is 23.9 Å². The van der Waals surface area contributed by atoms with Crippen LogP contribution in [0.3, 0.4) is 0 Å². The maximum absolute atomic E-state index is 14.7. The smallest absolute Gasteiger partial charge is 0.215 e. The maximum Gasteiger partial charge on any atom is 0.215 e. The largest absolute Gasteiger partial charge is 0.493 e. The van der Waals surface area contributed by atoms with Crippen LogP contribution < -0.4 is 0 Å². The summed E-state index contributed by atoms with van der Waals surface area (Å²) in [5.41, 5.74) is 19.3. The quantitative estimate of drug-likeness (QED) is 0.0375. The van der Waals surface area contributed by atoms with Crippen LogP contribution in [0.25, 0.3) is 16.9 Å². The van der Waals surface area contributed by atoms with E-state index >= 15 is 0 Å². The van der Waals surface area contributed by atoms with Gasteiger partial charge in [-0.2, -0.15) is 0 Å². The van der Waals surface area contributed by atoms with Gasteiger partial charge in [0.2, 0.25) is 11.4 Å². The lowest BCUT2D eigenvalue weighted by atomic mass is 9.90. The second kappa shape index (κ2) is 57.1. The van der Waals surface area contributed by atoms with E-state index in [2.05, 4.69) is 53.7 Å². The molecule has 0 saturated carbocycles. The third-order valence-electron chi connectivity index (χ3n) is 20.2. The number of hydrogen-bond donors (Lipinski definition) is 0. The van der Waals surface area contributed by atoms with Crippen LogP contribution in [0.5, 0.6) is 0 Å². The Balaban J connectivity index is 1.98. The van der Waals surface area contributed by atoms with Gasteiger partial charge < -0.3 is 5.53 Å². The molecule has 0 bridgehead atoms. The van der Waals surface area contributed by atoms with Crippen molar-refractivity contribution in [3.05, 3.63) is 98.6 Å². The van der Waals surface area contributed by atoms with Gasteiger partial charge in [0, 0.05) is 64.6 Å². The van der Waals surface area contributed by atoms with Gasteiger partial charge in [-0.3, -0.25) is 19.2 Å². The number of nitrogens with zero attached hydrogens (tertiary/aromatic N) is 2. The fourth-order valence-electron chi connectivity index (χ4n) is 14.2. The van der Waals surface area contributed by atoms with Crippen LogP contribution in [0.2, 0.25) is 0 Å². The number of benzene rings is 2. The van der Waals surface area contributed by atoms with E-state index < -0.39 is 0 Å². The first-order chi connectivity index (χ1) is 45.7. The summed E-state index contributed by atoms with van der Waals surface area (Å²) in [4.78, 5) is 58.0. The topological polar surface area (TPSA) is 93.6 Å². The number of carbonyl (C=O) groups excluding carboxylic acids is 4. The predicted octanol–water partition coefficient (Wildman–Crippen LogP) is 29.3. The number of hydrogen-bond acceptors (Lipinski definition) is 4. The van der Waals surface area contributed by atoms with Gasteiger partial charge in [0.05, 0.1) is 5.57 Å². The zero-order chi connectivity index (χ0) is 67.0. The van der Waals surface area contributed by atoms with E-state index in [0.29, 0.717) is 76.9 Å². The molecule has 93 heavy (non-hydrogen) atoms. The van der Waals surface area contributed by atoms with Crippen molar-refractivity contribution in [2.75, 3.05) is 0 Å². The van der Waals surface area contributed by atoms with Gasteiger partial charge in [0.1, 0.15) is 0 Å². The molecule has 0 amide bonds. The molecule has 6 heteroatoms. The van der Waals surface area contributed by atoms with Crippen LogP contribution in [-0.2, 0) is 0 Å². The van der Waals surface area contributed by atoms with E-state index in [9.17, 15) is 24.7 Å². The van der Waals surface area contributed by atoms with Gasteiger partial charge in [-0.25, -0.2) is 4.70 Å². The lowest BCUT2D eigenvalue weighted by molar-refractivity contribution is -0.345. The second-order valence-corrected chi connectivity index (χ2v) is 28.6. The highest BCUT2D eigenvalue weighted by Crippen LogP contribution is 2.44. The summed E-state index contributed by atoms with van der Waals surface area (Å²) >= 11 is 0. The molecule has 0 saturated heterocycles. The number of rotatable bonds is 66. The summed E-state index contributed by atoms with van der Waals surface area (Å²) in [5.74, 6) is 0.0404. The maximum atomic E-state index is 14.7. The van der Waals surface area contributed by atoms with Crippen molar-refractivity contribution in [2.45, 2.75) is 420 Å². The third kappa shape index (κ3) is 36.8. The minimum absolute atomic E-state index is 0.00320. The van der Waals surface area contributed by atoms with Crippen LogP contribution in [0.1, 0.15) is 473 Å². The van der Waals surface area contributed by atoms with Gasteiger partial charge >= 0.3 is 0 Å². The van der Waals surface area contributed by atoms with Crippen molar-refractivity contribution in [3.63, 3.8) is 0 Å². The lowest BCUT2D eigenvalue weighted by Gasteiger charge is -2.14. The van der Waals surface area contributed by atoms with Crippen molar-refractivity contribution in [2.24, 2.45) is 0 Å². The zero-order valence-electron chi connectivity index (χ0n) is 61.9. The lowest BCUT2D eigenvalue weighted by Crippen LogP contribution is -2.12. The van der Waals surface area contributed by atoms with Crippen LogP contribution in [0, 0.1) is 0 Å². The normalized spacial score (nSPS) is 12.6. The molecular formula is C87H144N2O4. The number of allylic oxidation sites excluding steroid dienone is 4. The molecule has 0 aromatic heterocycles. The minimum Gasteiger partial charge on any atom is -0.493 e. The first-order valence-corrected chi connectivity index (χ1v) is 40.7. The van der Waals surface area contributed by atoms with Gasteiger partial charge in [-0.1, -0.05) is 362 Å². The van der Waals surface area contributed by atoms with Crippen LogP contribution in [-0.4, -0.2) is 27.8 Å². The molecule has 3 rings (SSSR count). The van der Waals surface area contributed by atoms with Crippen molar-refractivity contribution >= 4 is 34.5 Å². The average Bonchev–Trinajstić information content (AvgIpc) is 1.62. The Morgan fingerprint density at radius 1 is 0.301 bits per heavy atom. The SMILES string of the molecule is CCCCCCCCCCCCCCCCCCC/C=C/C1=C(c2ccc(C(=O)CCCCCCCCCCC)c(C(=O)CCCCCCCCCCC)c2)[N+](=[N-])C(c2ccc(C(=O)CCCCCCCCCCC)c(C(=O)CCCCCCCCCCC)c2)=C1CC. The second-order valence-electron chi connectivity index (χ2n) is 28.6. The number of carbonyl (C=O) groups is 4. The van der Waals surface area contributed by atoms with Gasteiger partial charge in [0.15, 0.2) is 23.1 Å². The highest BCUT2D eigenvalue weighted by molar-refractivity contribution is 6.10. The molecule has 0 N–H and O–H groups in total. The highest BCUT2D eigenvalue weighted by Gasteiger charge is 2.36. The van der Waals surface area contributed by atoms with E-state index in [1.807, 2.05) is 36.4 Å².